The molecule has 3 nitrogen and oxygen atoms in total. The van der Waals surface area contributed by atoms with E-state index in [0.29, 0.717) is 0 Å². The van der Waals surface area contributed by atoms with Crippen LogP contribution in [-0.4, -0.2) is 14.2 Å². The first-order chi connectivity index (χ1) is 16.3. The number of fused-ring (bicyclic) bond motifs is 4. The van der Waals surface area contributed by atoms with Crippen LogP contribution >= 0.6 is 0 Å². The van der Waals surface area contributed by atoms with Crippen LogP contribution in [0.5, 0.6) is 17.2 Å². The lowest BCUT2D eigenvalue weighted by atomic mass is 9.91. The second-order valence-electron chi connectivity index (χ2n) is 8.40. The highest BCUT2D eigenvalue weighted by Gasteiger charge is 2.30. The van der Waals surface area contributed by atoms with Crippen molar-refractivity contribution in [2.75, 3.05) is 14.2 Å². The maximum atomic E-state index is 6.72. The van der Waals surface area contributed by atoms with Crippen molar-refractivity contribution in [3.63, 3.8) is 0 Å². The molecule has 0 bridgehead atoms. The van der Waals surface area contributed by atoms with Crippen molar-refractivity contribution in [3.8, 4) is 28.4 Å². The van der Waals surface area contributed by atoms with Crippen molar-refractivity contribution < 1.29 is 14.2 Å². The van der Waals surface area contributed by atoms with Crippen LogP contribution in [-0.2, 0) is 6.42 Å². The van der Waals surface area contributed by atoms with E-state index in [-0.39, 0.29) is 6.10 Å². The van der Waals surface area contributed by atoms with E-state index >= 15 is 0 Å². The first-order valence-electron chi connectivity index (χ1n) is 11.2. The molecule has 1 unspecified atom stereocenters. The zero-order valence-electron chi connectivity index (χ0n) is 18.7. The Bertz CT molecular complexity index is 1500. The number of hydrogen-bond donors (Lipinski definition) is 0. The molecule has 1 aliphatic rings. The Labute approximate surface area is 193 Å². The van der Waals surface area contributed by atoms with Crippen LogP contribution in [0.1, 0.15) is 17.2 Å². The predicted octanol–water partition coefficient (Wildman–Crippen LogP) is 7.35. The van der Waals surface area contributed by atoms with Crippen LogP contribution in [0.15, 0.2) is 91.0 Å². The van der Waals surface area contributed by atoms with Gasteiger partial charge in [-0.2, -0.15) is 0 Å². The van der Waals surface area contributed by atoms with Crippen LogP contribution in [0.25, 0.3) is 32.7 Å². The van der Waals surface area contributed by atoms with E-state index in [0.717, 1.165) is 34.6 Å². The molecule has 0 N–H and O–H groups in total. The number of hydrogen-bond acceptors (Lipinski definition) is 3. The average Bonchev–Trinajstić information content (AvgIpc) is 3.33. The maximum absolute atomic E-state index is 6.72. The normalized spacial score (nSPS) is 14.8. The maximum Gasteiger partial charge on any atom is 0.161 e. The van der Waals surface area contributed by atoms with Crippen LogP contribution in [0.2, 0.25) is 0 Å². The van der Waals surface area contributed by atoms with E-state index in [2.05, 4.69) is 84.9 Å². The molecular formula is C30H24O3. The van der Waals surface area contributed by atoms with Crippen molar-refractivity contribution in [2.45, 2.75) is 12.5 Å². The van der Waals surface area contributed by atoms with Gasteiger partial charge in [-0.05, 0) is 45.5 Å². The summed E-state index contributed by atoms with van der Waals surface area (Å²) in [4.78, 5) is 0. The Morgan fingerprint density at radius 3 is 2.24 bits per heavy atom. The second-order valence-corrected chi connectivity index (χ2v) is 8.40. The summed E-state index contributed by atoms with van der Waals surface area (Å²) in [6.07, 6.45) is 0.786. The average molecular weight is 433 g/mol. The van der Waals surface area contributed by atoms with Crippen molar-refractivity contribution in [2.24, 2.45) is 0 Å². The summed E-state index contributed by atoms with van der Waals surface area (Å²) in [6.45, 7) is 0. The fourth-order valence-electron chi connectivity index (χ4n) is 5.03. The molecule has 5 aromatic rings. The topological polar surface area (TPSA) is 27.7 Å². The SMILES string of the molecule is COc1ccc(-c2cc3ccccc3c3c2CC(c2cccc4ccccc24)O3)cc1OC. The molecule has 1 atom stereocenters. The molecule has 3 heteroatoms. The van der Waals surface area contributed by atoms with Gasteiger partial charge in [-0.15, -0.1) is 0 Å². The summed E-state index contributed by atoms with van der Waals surface area (Å²) >= 11 is 0. The fraction of sp³-hybridized carbons (Fsp3) is 0.133. The van der Waals surface area contributed by atoms with Crippen molar-refractivity contribution >= 4 is 21.5 Å². The molecule has 1 heterocycles. The molecule has 5 aromatic carbocycles. The lowest BCUT2D eigenvalue weighted by molar-refractivity contribution is 0.243. The second kappa shape index (κ2) is 7.86. The van der Waals surface area contributed by atoms with Gasteiger partial charge in [-0.1, -0.05) is 72.8 Å². The van der Waals surface area contributed by atoms with E-state index in [1.807, 2.05) is 6.07 Å². The van der Waals surface area contributed by atoms with Gasteiger partial charge in [0.1, 0.15) is 11.9 Å². The minimum absolute atomic E-state index is 0.0317. The largest absolute Gasteiger partial charge is 0.493 e. The summed E-state index contributed by atoms with van der Waals surface area (Å²) in [5, 5.41) is 4.80. The standard InChI is InChI=1S/C30H24O3/c1-31-27-15-14-21(17-29(27)32-2)25-16-20-9-4-6-12-23(20)30-26(25)18-28(33-30)24-13-7-10-19-8-3-5-11-22(19)24/h3-17,28H,18H2,1-2H3. The molecule has 0 amide bonds. The summed E-state index contributed by atoms with van der Waals surface area (Å²) in [5.41, 5.74) is 4.73. The molecule has 0 spiro atoms. The lowest BCUT2D eigenvalue weighted by Gasteiger charge is -2.14. The quantitative estimate of drug-likeness (QED) is 0.297. The Morgan fingerprint density at radius 2 is 1.42 bits per heavy atom. The minimum atomic E-state index is -0.0317. The van der Waals surface area contributed by atoms with Crippen LogP contribution in [0.3, 0.4) is 0 Å². The molecule has 33 heavy (non-hydrogen) atoms. The predicted molar refractivity (Wildman–Crippen MR) is 134 cm³/mol. The van der Waals surface area contributed by atoms with E-state index in [1.54, 1.807) is 14.2 Å². The highest BCUT2D eigenvalue weighted by molar-refractivity contribution is 5.96. The summed E-state index contributed by atoms with van der Waals surface area (Å²) in [6, 6.07) is 31.8. The first-order valence-corrected chi connectivity index (χ1v) is 11.2. The van der Waals surface area contributed by atoms with E-state index in [1.165, 1.54) is 32.8 Å². The Kier molecular flexibility index (Phi) is 4.69. The lowest BCUT2D eigenvalue weighted by Crippen LogP contribution is -2.04. The van der Waals surface area contributed by atoms with Gasteiger partial charge in [0, 0.05) is 22.9 Å². The minimum Gasteiger partial charge on any atom is -0.493 e. The van der Waals surface area contributed by atoms with Crippen LogP contribution in [0, 0.1) is 0 Å². The van der Waals surface area contributed by atoms with Gasteiger partial charge in [0.15, 0.2) is 11.5 Å². The Morgan fingerprint density at radius 1 is 0.697 bits per heavy atom. The van der Waals surface area contributed by atoms with Crippen LogP contribution < -0.4 is 14.2 Å². The van der Waals surface area contributed by atoms with Gasteiger partial charge < -0.3 is 14.2 Å². The molecule has 6 rings (SSSR count). The summed E-state index contributed by atoms with van der Waals surface area (Å²) < 4.78 is 17.8. The van der Waals surface area contributed by atoms with E-state index in [9.17, 15) is 0 Å². The molecule has 0 radical (unpaired) electrons. The Hall–Kier alpha value is -3.98. The molecule has 1 aliphatic heterocycles. The van der Waals surface area contributed by atoms with Crippen molar-refractivity contribution in [1.29, 1.82) is 0 Å². The zero-order valence-corrected chi connectivity index (χ0v) is 18.7. The number of methoxy groups -OCH3 is 2. The smallest absolute Gasteiger partial charge is 0.161 e. The highest BCUT2D eigenvalue weighted by Crippen LogP contribution is 2.48. The monoisotopic (exact) mass is 432 g/mol. The van der Waals surface area contributed by atoms with E-state index in [4.69, 9.17) is 14.2 Å². The third-order valence-electron chi connectivity index (χ3n) is 6.62. The number of benzene rings is 5. The van der Waals surface area contributed by atoms with Gasteiger partial charge in [0.25, 0.3) is 0 Å². The number of ether oxygens (including phenoxy) is 3. The van der Waals surface area contributed by atoms with Crippen molar-refractivity contribution in [3.05, 3.63) is 102 Å². The Balaban J connectivity index is 1.53. The molecule has 0 saturated carbocycles. The molecular weight excluding hydrogens is 408 g/mol. The molecule has 0 aliphatic carbocycles. The first kappa shape index (κ1) is 19.7. The third kappa shape index (κ3) is 3.20. The van der Waals surface area contributed by atoms with Gasteiger partial charge in [-0.3, -0.25) is 0 Å². The van der Waals surface area contributed by atoms with Gasteiger partial charge in [0.2, 0.25) is 0 Å². The molecule has 0 saturated heterocycles. The summed E-state index contributed by atoms with van der Waals surface area (Å²) in [5.74, 6) is 2.43. The molecule has 162 valence electrons. The number of rotatable bonds is 4. The zero-order chi connectivity index (χ0) is 22.4. The van der Waals surface area contributed by atoms with Gasteiger partial charge in [0.05, 0.1) is 14.2 Å². The third-order valence-corrected chi connectivity index (χ3v) is 6.62. The van der Waals surface area contributed by atoms with Gasteiger partial charge in [-0.25, -0.2) is 0 Å². The van der Waals surface area contributed by atoms with Crippen LogP contribution in [0.4, 0.5) is 0 Å². The summed E-state index contributed by atoms with van der Waals surface area (Å²) in [7, 11) is 3.33. The molecule has 0 fully saturated rings. The molecule has 0 aromatic heterocycles. The highest BCUT2D eigenvalue weighted by atomic mass is 16.5. The van der Waals surface area contributed by atoms with E-state index < -0.39 is 0 Å². The van der Waals surface area contributed by atoms with Crippen molar-refractivity contribution in [1.82, 2.24) is 0 Å². The van der Waals surface area contributed by atoms with Gasteiger partial charge >= 0.3 is 0 Å². The fourth-order valence-corrected chi connectivity index (χ4v) is 5.03.